The van der Waals surface area contributed by atoms with Crippen LogP contribution in [0.5, 0.6) is 0 Å². The van der Waals surface area contributed by atoms with Crippen molar-refractivity contribution in [2.75, 3.05) is 55.9 Å². The SMILES string of the molecule is CC(C)(C)NC(=O)NC(=O)CN1CCSCCOCCSCC1. The van der Waals surface area contributed by atoms with Crippen LogP contribution < -0.4 is 10.6 Å². The van der Waals surface area contributed by atoms with Gasteiger partial charge >= 0.3 is 6.03 Å². The topological polar surface area (TPSA) is 70.7 Å². The van der Waals surface area contributed by atoms with Gasteiger partial charge in [-0.25, -0.2) is 4.79 Å². The molecule has 0 aromatic rings. The van der Waals surface area contributed by atoms with Crippen LogP contribution >= 0.6 is 23.5 Å². The number of hydrogen-bond donors (Lipinski definition) is 2. The van der Waals surface area contributed by atoms with Crippen LogP contribution in [0.3, 0.4) is 0 Å². The molecule has 1 fully saturated rings. The summed E-state index contributed by atoms with van der Waals surface area (Å²) in [5, 5.41) is 5.14. The monoisotopic (exact) mass is 363 g/mol. The lowest BCUT2D eigenvalue weighted by molar-refractivity contribution is -0.121. The van der Waals surface area contributed by atoms with Crippen molar-refractivity contribution < 1.29 is 14.3 Å². The van der Waals surface area contributed by atoms with Gasteiger partial charge in [-0.15, -0.1) is 0 Å². The van der Waals surface area contributed by atoms with Gasteiger partial charge in [0.15, 0.2) is 0 Å². The third-order valence-corrected chi connectivity index (χ3v) is 4.81. The number of nitrogens with one attached hydrogen (secondary N) is 2. The number of ether oxygens (including phenoxy) is 1. The number of urea groups is 1. The van der Waals surface area contributed by atoms with Crippen LogP contribution in [0.15, 0.2) is 0 Å². The van der Waals surface area contributed by atoms with Crippen molar-refractivity contribution in [3.05, 3.63) is 0 Å². The first-order chi connectivity index (χ1) is 10.9. The van der Waals surface area contributed by atoms with Crippen LogP contribution in [-0.2, 0) is 9.53 Å². The summed E-state index contributed by atoms with van der Waals surface area (Å²) < 4.78 is 5.52. The third-order valence-electron chi connectivity index (χ3n) is 2.96. The van der Waals surface area contributed by atoms with E-state index in [1.165, 1.54) is 0 Å². The summed E-state index contributed by atoms with van der Waals surface area (Å²) in [5.74, 6) is 3.65. The molecular formula is C15H29N3O3S2. The molecule has 1 saturated heterocycles. The third kappa shape index (κ3) is 11.7. The molecule has 6 nitrogen and oxygen atoms in total. The molecule has 23 heavy (non-hydrogen) atoms. The summed E-state index contributed by atoms with van der Waals surface area (Å²) in [5.41, 5.74) is -0.354. The predicted molar refractivity (Wildman–Crippen MR) is 98.3 cm³/mol. The van der Waals surface area contributed by atoms with Gasteiger partial charge in [-0.2, -0.15) is 23.5 Å². The Hall–Kier alpha value is -0.440. The van der Waals surface area contributed by atoms with E-state index in [-0.39, 0.29) is 18.0 Å². The second-order valence-electron chi connectivity index (χ2n) is 6.37. The molecule has 3 amide bonds. The second kappa shape index (κ2) is 11.2. The highest BCUT2D eigenvalue weighted by atomic mass is 32.2. The molecule has 0 aromatic heterocycles. The summed E-state index contributed by atoms with van der Waals surface area (Å²) in [6.45, 7) is 9.17. The fourth-order valence-corrected chi connectivity index (χ4v) is 3.59. The largest absolute Gasteiger partial charge is 0.380 e. The summed E-state index contributed by atoms with van der Waals surface area (Å²) >= 11 is 3.67. The zero-order chi connectivity index (χ0) is 17.1. The van der Waals surface area contributed by atoms with E-state index in [1.54, 1.807) is 0 Å². The Labute approximate surface area is 147 Å². The predicted octanol–water partition coefficient (Wildman–Crippen LogP) is 1.41. The lowest BCUT2D eigenvalue weighted by Gasteiger charge is -2.23. The lowest BCUT2D eigenvalue weighted by atomic mass is 10.1. The van der Waals surface area contributed by atoms with E-state index in [0.717, 1.165) is 49.3 Å². The van der Waals surface area contributed by atoms with E-state index < -0.39 is 6.03 Å². The number of hydrogen-bond acceptors (Lipinski definition) is 6. The zero-order valence-electron chi connectivity index (χ0n) is 14.4. The standard InChI is InChI=1S/C15H29N3O3S2/c1-15(2,3)17-14(20)16-13(19)12-18-4-8-22-10-6-21-7-11-23-9-5-18/h4-12H2,1-3H3,(H2,16,17,19,20). The number of thioether (sulfide) groups is 2. The highest BCUT2D eigenvalue weighted by molar-refractivity contribution is 7.99. The molecule has 2 N–H and O–H groups in total. The number of nitrogens with zero attached hydrogens (tertiary/aromatic N) is 1. The minimum Gasteiger partial charge on any atom is -0.380 e. The van der Waals surface area contributed by atoms with Gasteiger partial charge in [0, 0.05) is 41.6 Å². The molecule has 1 aliphatic rings. The molecule has 0 aliphatic carbocycles. The maximum Gasteiger partial charge on any atom is 0.321 e. The van der Waals surface area contributed by atoms with E-state index in [0.29, 0.717) is 0 Å². The molecule has 0 unspecified atom stereocenters. The molecule has 0 spiro atoms. The van der Waals surface area contributed by atoms with Gasteiger partial charge in [0.2, 0.25) is 5.91 Å². The first-order valence-corrected chi connectivity index (χ1v) is 10.3. The molecular weight excluding hydrogens is 334 g/mol. The molecule has 8 heteroatoms. The Morgan fingerprint density at radius 2 is 1.61 bits per heavy atom. The van der Waals surface area contributed by atoms with E-state index in [1.807, 2.05) is 44.3 Å². The first-order valence-electron chi connectivity index (χ1n) is 7.94. The molecule has 0 saturated carbocycles. The van der Waals surface area contributed by atoms with Crippen LogP contribution in [0, 0.1) is 0 Å². The minimum absolute atomic E-state index is 0.253. The van der Waals surface area contributed by atoms with Gasteiger partial charge in [-0.05, 0) is 20.8 Å². The van der Waals surface area contributed by atoms with Gasteiger partial charge in [-0.1, -0.05) is 0 Å². The number of amides is 3. The Kier molecular flexibility index (Phi) is 10.0. The van der Waals surface area contributed by atoms with Crippen molar-refractivity contribution in [3.63, 3.8) is 0 Å². The van der Waals surface area contributed by atoms with Crippen molar-refractivity contribution in [3.8, 4) is 0 Å². The fraction of sp³-hybridized carbons (Fsp3) is 0.867. The Morgan fingerprint density at radius 1 is 1.04 bits per heavy atom. The van der Waals surface area contributed by atoms with Gasteiger partial charge in [0.25, 0.3) is 0 Å². The van der Waals surface area contributed by atoms with Gasteiger partial charge in [0.1, 0.15) is 0 Å². The molecule has 0 atom stereocenters. The van der Waals surface area contributed by atoms with Gasteiger partial charge in [-0.3, -0.25) is 15.0 Å². The highest BCUT2D eigenvalue weighted by Gasteiger charge is 2.17. The smallest absolute Gasteiger partial charge is 0.321 e. The van der Waals surface area contributed by atoms with Crippen LogP contribution in [0.4, 0.5) is 4.79 Å². The lowest BCUT2D eigenvalue weighted by Crippen LogP contribution is -2.50. The molecule has 1 heterocycles. The maximum absolute atomic E-state index is 12.0. The quantitative estimate of drug-likeness (QED) is 0.773. The second-order valence-corrected chi connectivity index (χ2v) is 8.82. The summed E-state index contributed by atoms with van der Waals surface area (Å²) in [6.07, 6.45) is 0. The summed E-state index contributed by atoms with van der Waals surface area (Å²) in [6, 6.07) is -0.433. The molecule has 0 aromatic carbocycles. The normalized spacial score (nSPS) is 19.3. The van der Waals surface area contributed by atoms with E-state index in [9.17, 15) is 9.59 Å². The van der Waals surface area contributed by atoms with Crippen LogP contribution in [0.2, 0.25) is 0 Å². The molecule has 1 aliphatic heterocycles. The van der Waals surface area contributed by atoms with Gasteiger partial charge in [0.05, 0.1) is 19.8 Å². The van der Waals surface area contributed by atoms with Crippen molar-refractivity contribution in [1.82, 2.24) is 15.5 Å². The van der Waals surface area contributed by atoms with Gasteiger partial charge < -0.3 is 10.1 Å². The Morgan fingerprint density at radius 3 is 2.13 bits per heavy atom. The zero-order valence-corrected chi connectivity index (χ0v) is 16.0. The fourth-order valence-electron chi connectivity index (χ4n) is 1.94. The number of imide groups is 1. The average molecular weight is 364 g/mol. The summed E-state index contributed by atoms with van der Waals surface area (Å²) in [7, 11) is 0. The average Bonchev–Trinajstić information content (AvgIpc) is 2.39. The highest BCUT2D eigenvalue weighted by Crippen LogP contribution is 2.07. The number of carbonyl (C=O) groups excluding carboxylic acids is 2. The van der Waals surface area contributed by atoms with E-state index >= 15 is 0 Å². The summed E-state index contributed by atoms with van der Waals surface area (Å²) in [4.78, 5) is 25.9. The maximum atomic E-state index is 12.0. The van der Waals surface area contributed by atoms with Crippen LogP contribution in [0.1, 0.15) is 20.8 Å². The molecule has 0 radical (unpaired) electrons. The van der Waals surface area contributed by atoms with Crippen molar-refractivity contribution >= 4 is 35.5 Å². The van der Waals surface area contributed by atoms with E-state index in [4.69, 9.17) is 4.74 Å². The van der Waals surface area contributed by atoms with Crippen LogP contribution in [-0.4, -0.2) is 78.2 Å². The van der Waals surface area contributed by atoms with Crippen molar-refractivity contribution in [2.45, 2.75) is 26.3 Å². The first kappa shape index (κ1) is 20.6. The Bertz CT molecular complexity index is 363. The van der Waals surface area contributed by atoms with E-state index in [2.05, 4.69) is 15.5 Å². The van der Waals surface area contributed by atoms with Crippen molar-refractivity contribution in [2.24, 2.45) is 0 Å². The molecule has 134 valence electrons. The molecule has 1 rings (SSSR count). The minimum atomic E-state index is -0.433. The number of carbonyl (C=O) groups is 2. The molecule has 0 bridgehead atoms. The van der Waals surface area contributed by atoms with Crippen molar-refractivity contribution in [1.29, 1.82) is 0 Å². The van der Waals surface area contributed by atoms with Crippen LogP contribution in [0.25, 0.3) is 0 Å². The Balaban J connectivity index is 2.37. The number of rotatable bonds is 2.